The molecule has 0 amide bonds. The highest BCUT2D eigenvalue weighted by atomic mass is 19.4. The van der Waals surface area contributed by atoms with E-state index in [1.165, 1.54) is 12.1 Å². The van der Waals surface area contributed by atoms with Crippen LogP contribution in [0.3, 0.4) is 0 Å². The van der Waals surface area contributed by atoms with Gasteiger partial charge in [0.15, 0.2) is 11.2 Å². The number of carboxylic acids is 1. The van der Waals surface area contributed by atoms with E-state index < -0.39 is 29.4 Å². The van der Waals surface area contributed by atoms with Crippen molar-refractivity contribution < 1.29 is 32.3 Å². The molecule has 180 valence electrons. The number of carbonyl (C=O) groups excluding carboxylic acids is 1. The first-order valence-electron chi connectivity index (χ1n) is 10.6. The van der Waals surface area contributed by atoms with Crippen molar-refractivity contribution in [3.63, 3.8) is 0 Å². The maximum absolute atomic E-state index is 13.6. The number of carboxylic acid groups (broad SMARTS) is 1. The third kappa shape index (κ3) is 4.25. The largest absolute Gasteiger partial charge is 0.478 e. The van der Waals surface area contributed by atoms with Crippen LogP contribution in [-0.2, 0) is 11.0 Å². The molecule has 0 saturated carbocycles. The Morgan fingerprint density at radius 2 is 1.60 bits per heavy atom. The third-order valence-corrected chi connectivity index (χ3v) is 5.93. The number of aliphatic carboxylic acids is 1. The first-order chi connectivity index (χ1) is 16.4. The van der Waals surface area contributed by atoms with E-state index in [2.05, 4.69) is 5.32 Å². The van der Waals surface area contributed by atoms with Crippen LogP contribution in [0.2, 0.25) is 0 Å². The van der Waals surface area contributed by atoms with E-state index in [1.54, 1.807) is 32.9 Å². The van der Waals surface area contributed by atoms with Gasteiger partial charge in [-0.3, -0.25) is 9.59 Å². The molecule has 0 bridgehead atoms. The van der Waals surface area contributed by atoms with Crippen LogP contribution in [0.5, 0.6) is 0 Å². The van der Waals surface area contributed by atoms with Crippen LogP contribution in [0, 0.1) is 6.92 Å². The SMILES string of the molecule is CC1=C(C(=O)O)C(c2cccc3c(=O)cc(C)oc23)C(C(=O)c2ccc(C(F)(F)F)cc2)=C(C)N1. The fourth-order valence-electron chi connectivity index (χ4n) is 4.40. The number of benzene rings is 2. The molecule has 0 radical (unpaired) electrons. The van der Waals surface area contributed by atoms with Gasteiger partial charge in [0, 0.05) is 34.2 Å². The molecule has 1 atom stereocenters. The zero-order valence-electron chi connectivity index (χ0n) is 18.9. The average Bonchev–Trinajstić information content (AvgIpc) is 2.77. The lowest BCUT2D eigenvalue weighted by Crippen LogP contribution is -2.31. The second-order valence-corrected chi connectivity index (χ2v) is 8.29. The molecule has 1 aromatic heterocycles. The molecule has 0 saturated heterocycles. The van der Waals surface area contributed by atoms with Gasteiger partial charge in [0.2, 0.25) is 0 Å². The molecule has 9 heteroatoms. The maximum Gasteiger partial charge on any atom is 0.416 e. The van der Waals surface area contributed by atoms with Crippen molar-refractivity contribution >= 4 is 22.7 Å². The first-order valence-corrected chi connectivity index (χ1v) is 10.6. The molecule has 1 aliphatic rings. The summed E-state index contributed by atoms with van der Waals surface area (Å²) < 4.78 is 44.8. The lowest BCUT2D eigenvalue weighted by molar-refractivity contribution is -0.137. The van der Waals surface area contributed by atoms with Gasteiger partial charge < -0.3 is 14.8 Å². The number of aryl methyl sites for hydroxylation is 1. The summed E-state index contributed by atoms with van der Waals surface area (Å²) in [7, 11) is 0. The Bertz CT molecular complexity index is 1490. The van der Waals surface area contributed by atoms with Gasteiger partial charge in [-0.25, -0.2) is 4.79 Å². The predicted molar refractivity (Wildman–Crippen MR) is 122 cm³/mol. The minimum absolute atomic E-state index is 0.0319. The summed E-state index contributed by atoms with van der Waals surface area (Å²) in [6.45, 7) is 4.71. The van der Waals surface area contributed by atoms with E-state index in [4.69, 9.17) is 4.42 Å². The van der Waals surface area contributed by atoms with Crippen molar-refractivity contribution in [1.29, 1.82) is 0 Å². The second kappa shape index (κ2) is 8.57. The minimum atomic E-state index is -4.57. The van der Waals surface area contributed by atoms with Gasteiger partial charge in [0.25, 0.3) is 0 Å². The molecule has 35 heavy (non-hydrogen) atoms. The van der Waals surface area contributed by atoms with E-state index >= 15 is 0 Å². The molecule has 3 aromatic rings. The number of allylic oxidation sites excluding steroid dienone is 3. The highest BCUT2D eigenvalue weighted by Crippen LogP contribution is 2.42. The molecule has 4 rings (SSSR count). The van der Waals surface area contributed by atoms with Crippen LogP contribution in [0.4, 0.5) is 13.2 Å². The number of Topliss-reactive ketones (excluding diaryl/α,β-unsaturated/α-hetero) is 1. The standard InChI is InChI=1S/C26H20F3NO5/c1-12-11-19(31)17-5-4-6-18(24(17)35-12)22-20(13(2)30-14(3)21(22)25(33)34)23(32)15-7-9-16(10-8-15)26(27,28)29/h4-11,22,30H,1-3H3,(H,33,34). The van der Waals surface area contributed by atoms with E-state index in [1.807, 2.05) is 0 Å². The highest BCUT2D eigenvalue weighted by molar-refractivity contribution is 6.12. The van der Waals surface area contributed by atoms with Gasteiger partial charge in [-0.15, -0.1) is 0 Å². The second-order valence-electron chi connectivity index (χ2n) is 8.29. The number of fused-ring (bicyclic) bond motifs is 1. The van der Waals surface area contributed by atoms with Gasteiger partial charge in [0.05, 0.1) is 22.4 Å². The van der Waals surface area contributed by atoms with Crippen molar-refractivity contribution in [2.24, 2.45) is 0 Å². The Morgan fingerprint density at radius 3 is 2.20 bits per heavy atom. The zero-order chi connectivity index (χ0) is 25.7. The average molecular weight is 483 g/mol. The molecule has 2 heterocycles. The number of halogens is 3. The van der Waals surface area contributed by atoms with Gasteiger partial charge in [-0.05, 0) is 39.0 Å². The van der Waals surface area contributed by atoms with Crippen LogP contribution >= 0.6 is 0 Å². The summed E-state index contributed by atoms with van der Waals surface area (Å²) in [6, 6.07) is 9.70. The van der Waals surface area contributed by atoms with Crippen LogP contribution < -0.4 is 10.7 Å². The highest BCUT2D eigenvalue weighted by Gasteiger charge is 2.38. The van der Waals surface area contributed by atoms with Crippen LogP contribution in [0.1, 0.15) is 47.0 Å². The van der Waals surface area contributed by atoms with Gasteiger partial charge >= 0.3 is 12.1 Å². The van der Waals surface area contributed by atoms with Crippen LogP contribution in [0.15, 0.2) is 80.3 Å². The first kappa shape index (κ1) is 24.0. The number of hydrogen-bond donors (Lipinski definition) is 2. The Kier molecular flexibility index (Phi) is 5.88. The molecule has 2 aromatic carbocycles. The van der Waals surface area contributed by atoms with Crippen molar-refractivity contribution in [3.8, 4) is 0 Å². The number of para-hydroxylation sites is 1. The van der Waals surface area contributed by atoms with Gasteiger partial charge in [-0.2, -0.15) is 13.2 Å². The topological polar surface area (TPSA) is 96.6 Å². The van der Waals surface area contributed by atoms with Crippen LogP contribution in [0.25, 0.3) is 11.0 Å². The summed E-state index contributed by atoms with van der Waals surface area (Å²) in [4.78, 5) is 38.5. The summed E-state index contributed by atoms with van der Waals surface area (Å²) in [6.07, 6.45) is -4.57. The van der Waals surface area contributed by atoms with E-state index in [0.29, 0.717) is 11.5 Å². The van der Waals surface area contributed by atoms with E-state index in [9.17, 15) is 32.7 Å². The third-order valence-electron chi connectivity index (χ3n) is 5.93. The van der Waals surface area contributed by atoms with Crippen molar-refractivity contribution in [2.75, 3.05) is 0 Å². The Hall–Kier alpha value is -4.14. The maximum atomic E-state index is 13.6. The van der Waals surface area contributed by atoms with E-state index in [-0.39, 0.29) is 44.4 Å². The Morgan fingerprint density at radius 1 is 0.971 bits per heavy atom. The smallest absolute Gasteiger partial charge is 0.416 e. The summed E-state index contributed by atoms with van der Waals surface area (Å²) in [5, 5.41) is 13.2. The fraction of sp³-hybridized carbons (Fsp3) is 0.192. The van der Waals surface area contributed by atoms with Crippen molar-refractivity contribution in [1.82, 2.24) is 5.32 Å². The molecule has 1 unspecified atom stereocenters. The number of carbonyl (C=O) groups is 2. The van der Waals surface area contributed by atoms with Gasteiger partial charge in [0.1, 0.15) is 11.3 Å². The van der Waals surface area contributed by atoms with E-state index in [0.717, 1.165) is 24.3 Å². The lowest BCUT2D eigenvalue weighted by Gasteiger charge is -2.30. The number of alkyl halides is 3. The monoisotopic (exact) mass is 483 g/mol. The summed E-state index contributed by atoms with van der Waals surface area (Å²) in [5.74, 6) is -2.78. The number of rotatable bonds is 4. The van der Waals surface area contributed by atoms with Gasteiger partial charge in [-0.1, -0.05) is 24.3 Å². The number of hydrogen-bond acceptors (Lipinski definition) is 5. The Balaban J connectivity index is 1.96. The minimum Gasteiger partial charge on any atom is -0.478 e. The number of dihydropyridines is 1. The molecule has 0 fully saturated rings. The molecule has 1 aliphatic heterocycles. The number of ketones is 1. The summed E-state index contributed by atoms with van der Waals surface area (Å²) in [5.41, 5.74) is -0.323. The Labute approximate surface area is 197 Å². The molecular formula is C26H20F3NO5. The lowest BCUT2D eigenvalue weighted by atomic mass is 9.77. The molecule has 0 spiro atoms. The van der Waals surface area contributed by atoms with Crippen molar-refractivity contribution in [3.05, 3.63) is 104 Å². The molecule has 2 N–H and O–H groups in total. The molecular weight excluding hydrogens is 463 g/mol. The predicted octanol–water partition coefficient (Wildman–Crippen LogP) is 5.32. The molecule has 0 aliphatic carbocycles. The summed E-state index contributed by atoms with van der Waals surface area (Å²) >= 11 is 0. The normalized spacial score (nSPS) is 16.5. The fourth-order valence-corrected chi connectivity index (χ4v) is 4.40. The zero-order valence-corrected chi connectivity index (χ0v) is 18.9. The molecule has 6 nitrogen and oxygen atoms in total. The van der Waals surface area contributed by atoms with Crippen LogP contribution in [-0.4, -0.2) is 16.9 Å². The number of nitrogens with one attached hydrogen (secondary N) is 1. The quantitative estimate of drug-likeness (QED) is 0.488. The van der Waals surface area contributed by atoms with Crippen molar-refractivity contribution in [2.45, 2.75) is 32.9 Å².